The highest BCUT2D eigenvalue weighted by Gasteiger charge is 2.29. The van der Waals surface area contributed by atoms with Gasteiger partial charge in [0, 0.05) is 17.8 Å². The molecule has 0 aliphatic carbocycles. The van der Waals surface area contributed by atoms with E-state index in [-0.39, 0.29) is 12.5 Å². The van der Waals surface area contributed by atoms with Gasteiger partial charge in [-0.05, 0) is 54.8 Å². The van der Waals surface area contributed by atoms with E-state index in [2.05, 4.69) is 5.32 Å². The van der Waals surface area contributed by atoms with Crippen molar-refractivity contribution in [3.63, 3.8) is 0 Å². The van der Waals surface area contributed by atoms with Crippen molar-refractivity contribution in [1.29, 1.82) is 0 Å². The minimum Gasteiger partial charge on any atom is -0.508 e. The number of hydrogen-bond acceptors (Lipinski definition) is 7. The Labute approximate surface area is 207 Å². The van der Waals surface area contributed by atoms with Gasteiger partial charge in [-0.2, -0.15) is 0 Å². The molecule has 4 rings (SSSR count). The van der Waals surface area contributed by atoms with Crippen molar-refractivity contribution in [1.82, 2.24) is 0 Å². The van der Waals surface area contributed by atoms with Crippen molar-refractivity contribution in [2.24, 2.45) is 0 Å². The predicted molar refractivity (Wildman–Crippen MR) is 130 cm³/mol. The lowest BCUT2D eigenvalue weighted by Crippen LogP contribution is -2.31. The molecular weight excluding hydrogens is 466 g/mol. The fraction of sp³-hybridized carbons (Fsp3) is 0.185. The summed E-state index contributed by atoms with van der Waals surface area (Å²) in [6.07, 6.45) is 1.02. The predicted octanol–water partition coefficient (Wildman–Crippen LogP) is 5.28. The highest BCUT2D eigenvalue weighted by Crippen LogP contribution is 2.35. The van der Waals surface area contributed by atoms with Gasteiger partial charge in [0.1, 0.15) is 17.6 Å². The smallest absolute Gasteiger partial charge is 0.412 e. The average molecular weight is 491 g/mol. The third-order valence-electron chi connectivity index (χ3n) is 5.32. The van der Waals surface area contributed by atoms with Crippen molar-refractivity contribution < 1.29 is 38.7 Å². The SMILES string of the molecule is O=C(O)/C=C/CC[C@@H](Oc1ccccc1)[C@H](OC(=O)Nc1ccc2c(c1)OCO2)c1ccc(O)cc1. The number of para-hydroxylation sites is 1. The van der Waals surface area contributed by atoms with Crippen LogP contribution in [-0.2, 0) is 9.53 Å². The van der Waals surface area contributed by atoms with Crippen LogP contribution in [0.15, 0.2) is 84.9 Å². The van der Waals surface area contributed by atoms with Crippen LogP contribution in [0.4, 0.5) is 10.5 Å². The van der Waals surface area contributed by atoms with Crippen LogP contribution in [0.2, 0.25) is 0 Å². The van der Waals surface area contributed by atoms with E-state index < -0.39 is 24.3 Å². The number of phenols is 1. The van der Waals surface area contributed by atoms with Crippen molar-refractivity contribution in [3.05, 3.63) is 90.5 Å². The summed E-state index contributed by atoms with van der Waals surface area (Å²) in [5, 5.41) is 21.4. The molecule has 186 valence electrons. The third-order valence-corrected chi connectivity index (χ3v) is 5.32. The molecule has 36 heavy (non-hydrogen) atoms. The Hall–Kier alpha value is -4.66. The van der Waals surface area contributed by atoms with E-state index >= 15 is 0 Å². The number of anilines is 1. The second-order valence-electron chi connectivity index (χ2n) is 7.90. The van der Waals surface area contributed by atoms with E-state index in [0.29, 0.717) is 41.3 Å². The molecule has 3 aromatic rings. The van der Waals surface area contributed by atoms with Crippen molar-refractivity contribution in [2.75, 3.05) is 12.1 Å². The van der Waals surface area contributed by atoms with Crippen molar-refractivity contribution >= 4 is 17.7 Å². The van der Waals surface area contributed by atoms with E-state index in [9.17, 15) is 14.7 Å². The molecule has 0 spiro atoms. The molecule has 1 aliphatic rings. The van der Waals surface area contributed by atoms with Crippen LogP contribution in [0.5, 0.6) is 23.0 Å². The minimum absolute atomic E-state index is 0.0623. The van der Waals surface area contributed by atoms with E-state index in [1.807, 2.05) is 18.2 Å². The zero-order valence-corrected chi connectivity index (χ0v) is 19.2. The Kier molecular flexibility index (Phi) is 7.92. The van der Waals surface area contributed by atoms with Gasteiger partial charge in [0.25, 0.3) is 0 Å². The van der Waals surface area contributed by atoms with Crippen LogP contribution in [0, 0.1) is 0 Å². The number of carbonyl (C=O) groups excluding carboxylic acids is 1. The fourth-order valence-corrected chi connectivity index (χ4v) is 3.65. The number of carboxylic acid groups (broad SMARTS) is 1. The van der Waals surface area contributed by atoms with Crippen LogP contribution in [-0.4, -0.2) is 35.2 Å². The molecule has 0 unspecified atom stereocenters. The maximum atomic E-state index is 12.9. The van der Waals surface area contributed by atoms with Gasteiger partial charge >= 0.3 is 12.1 Å². The monoisotopic (exact) mass is 491 g/mol. The minimum atomic E-state index is -1.05. The standard InChI is InChI=1S/C27H25NO8/c29-20-13-10-18(11-14-20)26(36-27(32)28-19-12-15-22-24(16-19)34-17-33-22)23(8-4-5-9-25(30)31)35-21-6-2-1-3-7-21/h1-3,5-7,9-16,23,26,29H,4,8,17H2,(H,28,32)(H,30,31)/b9-5+/t23-,26-/m1/s1. The highest BCUT2D eigenvalue weighted by molar-refractivity contribution is 5.85. The number of rotatable bonds is 10. The first kappa shape index (κ1) is 24.5. The molecule has 1 aliphatic heterocycles. The molecule has 0 fully saturated rings. The first-order chi connectivity index (χ1) is 17.5. The number of benzene rings is 3. The second kappa shape index (κ2) is 11.7. The molecule has 1 amide bonds. The number of nitrogens with one attached hydrogen (secondary N) is 1. The first-order valence-electron chi connectivity index (χ1n) is 11.3. The number of aromatic hydroxyl groups is 1. The van der Waals surface area contributed by atoms with Crippen LogP contribution < -0.4 is 19.5 Å². The van der Waals surface area contributed by atoms with Gasteiger partial charge in [-0.25, -0.2) is 9.59 Å². The number of carboxylic acids is 1. The summed E-state index contributed by atoms with van der Waals surface area (Å²) in [7, 11) is 0. The molecule has 0 saturated heterocycles. The highest BCUT2D eigenvalue weighted by atomic mass is 16.7. The van der Waals surface area contributed by atoms with Crippen LogP contribution >= 0.6 is 0 Å². The molecule has 0 saturated carbocycles. The van der Waals surface area contributed by atoms with Crippen molar-refractivity contribution in [2.45, 2.75) is 25.0 Å². The summed E-state index contributed by atoms with van der Waals surface area (Å²) in [6, 6.07) is 20.3. The number of aliphatic carboxylic acids is 1. The van der Waals surface area contributed by atoms with Gasteiger partial charge in [-0.1, -0.05) is 36.4 Å². The normalized spacial score (nSPS) is 13.7. The Morgan fingerprint density at radius 3 is 2.50 bits per heavy atom. The van der Waals surface area contributed by atoms with Crippen molar-refractivity contribution in [3.8, 4) is 23.0 Å². The summed E-state index contributed by atoms with van der Waals surface area (Å²) in [6.45, 7) is 0.112. The Balaban J connectivity index is 1.57. The number of amides is 1. The summed E-state index contributed by atoms with van der Waals surface area (Å²) in [5.74, 6) is 0.672. The zero-order chi connectivity index (χ0) is 25.3. The van der Waals surface area contributed by atoms with Gasteiger partial charge < -0.3 is 29.2 Å². The van der Waals surface area contributed by atoms with E-state index in [1.54, 1.807) is 42.5 Å². The molecule has 1 heterocycles. The topological polar surface area (TPSA) is 124 Å². The molecule has 3 N–H and O–H groups in total. The third kappa shape index (κ3) is 6.69. The lowest BCUT2D eigenvalue weighted by atomic mass is 10.00. The second-order valence-corrected chi connectivity index (χ2v) is 7.90. The summed E-state index contributed by atoms with van der Waals surface area (Å²) in [4.78, 5) is 23.8. The van der Waals surface area contributed by atoms with E-state index in [0.717, 1.165) is 6.08 Å². The van der Waals surface area contributed by atoms with Gasteiger partial charge in [-0.3, -0.25) is 5.32 Å². The Bertz CT molecular complexity index is 1210. The fourth-order valence-electron chi connectivity index (χ4n) is 3.65. The first-order valence-corrected chi connectivity index (χ1v) is 11.3. The number of ether oxygens (including phenoxy) is 4. The molecule has 0 radical (unpaired) electrons. The van der Waals surface area contributed by atoms with Crippen LogP contribution in [0.25, 0.3) is 0 Å². The molecule has 9 nitrogen and oxygen atoms in total. The largest absolute Gasteiger partial charge is 0.508 e. The van der Waals surface area contributed by atoms with Gasteiger partial charge in [0.15, 0.2) is 17.6 Å². The van der Waals surface area contributed by atoms with E-state index in [1.165, 1.54) is 18.2 Å². The molecule has 0 aromatic heterocycles. The zero-order valence-electron chi connectivity index (χ0n) is 19.2. The lowest BCUT2D eigenvalue weighted by Gasteiger charge is -2.28. The van der Waals surface area contributed by atoms with E-state index in [4.69, 9.17) is 24.1 Å². The number of fused-ring (bicyclic) bond motifs is 1. The Morgan fingerprint density at radius 1 is 1.00 bits per heavy atom. The van der Waals surface area contributed by atoms with Gasteiger partial charge in [-0.15, -0.1) is 0 Å². The molecule has 0 bridgehead atoms. The average Bonchev–Trinajstić information content (AvgIpc) is 3.34. The Morgan fingerprint density at radius 2 is 1.75 bits per heavy atom. The maximum absolute atomic E-state index is 12.9. The number of carbonyl (C=O) groups is 2. The summed E-state index contributed by atoms with van der Waals surface area (Å²) >= 11 is 0. The van der Waals surface area contributed by atoms with Gasteiger partial charge in [0.2, 0.25) is 6.79 Å². The van der Waals surface area contributed by atoms with Crippen LogP contribution in [0.3, 0.4) is 0 Å². The lowest BCUT2D eigenvalue weighted by molar-refractivity contribution is -0.131. The molecule has 2 atom stereocenters. The van der Waals surface area contributed by atoms with Gasteiger partial charge in [0.05, 0.1) is 0 Å². The quantitative estimate of drug-likeness (QED) is 0.327. The van der Waals surface area contributed by atoms with Crippen LogP contribution in [0.1, 0.15) is 24.5 Å². The molecule has 9 heteroatoms. The summed E-state index contributed by atoms with van der Waals surface area (Å²) < 4.78 is 22.7. The molecule has 3 aromatic carbocycles. The molecular formula is C27H25NO8. The number of allylic oxidation sites excluding steroid dienone is 1. The maximum Gasteiger partial charge on any atom is 0.412 e. The number of phenolic OH excluding ortho intramolecular Hbond substituents is 1. The summed E-state index contributed by atoms with van der Waals surface area (Å²) in [5.41, 5.74) is 1.05. The number of hydrogen-bond donors (Lipinski definition) is 3.